The summed E-state index contributed by atoms with van der Waals surface area (Å²) >= 11 is 0. The molecule has 2 heterocycles. The molecule has 35 heavy (non-hydrogen) atoms. The highest BCUT2D eigenvalue weighted by Crippen LogP contribution is 2.33. The first kappa shape index (κ1) is 24.5. The van der Waals surface area contributed by atoms with Gasteiger partial charge in [-0.15, -0.1) is 6.58 Å². The summed E-state index contributed by atoms with van der Waals surface area (Å²) in [5.41, 5.74) is 3.88. The van der Waals surface area contributed by atoms with E-state index in [1.807, 2.05) is 54.6 Å². The van der Waals surface area contributed by atoms with Crippen molar-refractivity contribution in [1.29, 1.82) is 0 Å². The number of rotatable bonds is 13. The number of carbonyl (C=O) groups excluding carboxylic acids is 1. The minimum Gasteiger partial charge on any atom is -0.497 e. The van der Waals surface area contributed by atoms with Gasteiger partial charge in [0.25, 0.3) is 0 Å². The van der Waals surface area contributed by atoms with Crippen molar-refractivity contribution >= 4 is 27.8 Å². The van der Waals surface area contributed by atoms with Crippen LogP contribution in [-0.2, 0) is 4.74 Å². The van der Waals surface area contributed by atoms with E-state index < -0.39 is 0 Å². The quantitative estimate of drug-likeness (QED) is 0.123. The zero-order valence-corrected chi connectivity index (χ0v) is 20.5. The van der Waals surface area contributed by atoms with Crippen LogP contribution in [-0.4, -0.2) is 29.7 Å². The third kappa shape index (κ3) is 6.10. The van der Waals surface area contributed by atoms with Gasteiger partial charge in [-0.3, -0.25) is 0 Å². The van der Waals surface area contributed by atoms with Crippen LogP contribution in [0.1, 0.15) is 61.9 Å². The molecule has 0 amide bonds. The molecule has 0 saturated carbocycles. The number of nitrogens with one attached hydrogen (secondary N) is 1. The molecule has 2 aromatic heterocycles. The fourth-order valence-corrected chi connectivity index (χ4v) is 4.42. The number of hydrogen-bond acceptors (Lipinski definition) is 4. The number of ether oxygens (including phenoxy) is 2. The smallest absolute Gasteiger partial charge is 0.356 e. The minimum atomic E-state index is -0.378. The summed E-state index contributed by atoms with van der Waals surface area (Å²) in [6.45, 7) is 4.18. The standard InChI is InChI=1S/C30H34N2O3/c1-3-4-5-6-7-8-9-10-13-20-35-30(33)27-21-25-24-14-11-12-15-26(24)31-29(25)28(32-27)22-16-18-23(34-2)19-17-22/h3,11-12,14-19,21,31H,1,4-10,13,20H2,2H3. The van der Waals surface area contributed by atoms with Crippen molar-refractivity contribution in [2.24, 2.45) is 0 Å². The average Bonchev–Trinajstić information content (AvgIpc) is 3.28. The van der Waals surface area contributed by atoms with Crippen molar-refractivity contribution < 1.29 is 14.3 Å². The highest BCUT2D eigenvalue weighted by Gasteiger charge is 2.18. The number of pyridine rings is 1. The second-order valence-electron chi connectivity index (χ2n) is 8.87. The molecule has 0 aliphatic heterocycles. The number of aromatic amines is 1. The lowest BCUT2D eigenvalue weighted by atomic mass is 10.1. The van der Waals surface area contributed by atoms with Gasteiger partial charge >= 0.3 is 5.97 Å². The van der Waals surface area contributed by atoms with E-state index in [9.17, 15) is 4.79 Å². The molecule has 0 fully saturated rings. The molecule has 4 rings (SSSR count). The number of fused-ring (bicyclic) bond motifs is 3. The number of carbonyl (C=O) groups is 1. The summed E-state index contributed by atoms with van der Waals surface area (Å²) in [5, 5.41) is 2.02. The van der Waals surface area contributed by atoms with E-state index in [1.54, 1.807) is 7.11 Å². The molecule has 4 aromatic rings. The van der Waals surface area contributed by atoms with Gasteiger partial charge in [0.1, 0.15) is 11.4 Å². The average molecular weight is 471 g/mol. The lowest BCUT2D eigenvalue weighted by Gasteiger charge is -2.09. The van der Waals surface area contributed by atoms with Crippen LogP contribution < -0.4 is 4.74 Å². The molecule has 0 saturated heterocycles. The minimum absolute atomic E-state index is 0.329. The molecule has 5 heteroatoms. The van der Waals surface area contributed by atoms with Gasteiger partial charge in [-0.05, 0) is 55.7 Å². The van der Waals surface area contributed by atoms with Crippen molar-refractivity contribution in [2.75, 3.05) is 13.7 Å². The summed E-state index contributed by atoms with van der Waals surface area (Å²) in [6, 6.07) is 17.6. The molecule has 0 radical (unpaired) electrons. The Kier molecular flexibility index (Phi) is 8.55. The normalized spacial score (nSPS) is 11.1. The van der Waals surface area contributed by atoms with Crippen LogP contribution in [0, 0.1) is 0 Å². The van der Waals surface area contributed by atoms with Crippen LogP contribution in [0.5, 0.6) is 5.75 Å². The van der Waals surface area contributed by atoms with E-state index in [4.69, 9.17) is 14.5 Å². The fraction of sp³-hybridized carbons (Fsp3) is 0.333. The number of hydrogen-bond donors (Lipinski definition) is 1. The molecule has 0 spiro atoms. The van der Waals surface area contributed by atoms with Gasteiger partial charge in [0, 0.05) is 21.9 Å². The third-order valence-electron chi connectivity index (χ3n) is 6.35. The van der Waals surface area contributed by atoms with E-state index in [0.717, 1.165) is 58.1 Å². The summed E-state index contributed by atoms with van der Waals surface area (Å²) in [5.74, 6) is 0.394. The Balaban J connectivity index is 1.46. The molecule has 1 N–H and O–H groups in total. The first-order valence-corrected chi connectivity index (χ1v) is 12.5. The number of para-hydroxylation sites is 1. The topological polar surface area (TPSA) is 64.2 Å². The molecule has 0 bridgehead atoms. The Bertz CT molecular complexity index is 1270. The molecule has 0 unspecified atom stereocenters. The maximum atomic E-state index is 12.9. The highest BCUT2D eigenvalue weighted by molar-refractivity contribution is 6.12. The van der Waals surface area contributed by atoms with E-state index in [1.165, 1.54) is 32.1 Å². The molecule has 0 aliphatic carbocycles. The maximum absolute atomic E-state index is 12.9. The van der Waals surface area contributed by atoms with E-state index in [0.29, 0.717) is 12.3 Å². The molecule has 0 aliphatic rings. The maximum Gasteiger partial charge on any atom is 0.356 e. The summed E-state index contributed by atoms with van der Waals surface area (Å²) in [7, 11) is 1.64. The SMILES string of the molecule is C=CCCCCCCCCCOC(=O)c1cc2c([nH]c3ccccc32)c(-c2ccc(OC)cc2)n1. The Morgan fingerprint density at radius 2 is 1.66 bits per heavy atom. The van der Waals surface area contributed by atoms with Gasteiger partial charge in [0.05, 0.1) is 24.9 Å². The number of aromatic nitrogens is 2. The summed E-state index contributed by atoms with van der Waals surface area (Å²) in [6.07, 6.45) is 11.2. The zero-order chi connectivity index (χ0) is 24.5. The van der Waals surface area contributed by atoms with Crippen molar-refractivity contribution in [3.8, 4) is 17.0 Å². The Labute approximate surface area is 207 Å². The molecule has 5 nitrogen and oxygen atoms in total. The van der Waals surface area contributed by atoms with Crippen LogP contribution in [0.4, 0.5) is 0 Å². The van der Waals surface area contributed by atoms with Gasteiger partial charge in [-0.1, -0.05) is 56.4 Å². The van der Waals surface area contributed by atoms with Crippen molar-refractivity contribution in [3.63, 3.8) is 0 Å². The lowest BCUT2D eigenvalue weighted by Crippen LogP contribution is -2.09. The number of unbranched alkanes of at least 4 members (excludes halogenated alkanes) is 7. The zero-order valence-electron chi connectivity index (χ0n) is 20.5. The molecular weight excluding hydrogens is 436 g/mol. The summed E-state index contributed by atoms with van der Waals surface area (Å²) < 4.78 is 10.9. The molecule has 0 atom stereocenters. The lowest BCUT2D eigenvalue weighted by molar-refractivity contribution is 0.0491. The van der Waals surface area contributed by atoms with Gasteiger partial charge in [-0.2, -0.15) is 0 Å². The number of benzene rings is 2. The Morgan fingerprint density at radius 3 is 2.40 bits per heavy atom. The second-order valence-corrected chi connectivity index (χ2v) is 8.87. The first-order chi connectivity index (χ1) is 17.2. The predicted octanol–water partition coefficient (Wildman–Crippen LogP) is 7.86. The van der Waals surface area contributed by atoms with Crippen LogP contribution in [0.3, 0.4) is 0 Å². The van der Waals surface area contributed by atoms with Crippen LogP contribution in [0.15, 0.2) is 67.3 Å². The monoisotopic (exact) mass is 470 g/mol. The van der Waals surface area contributed by atoms with Crippen molar-refractivity contribution in [3.05, 3.63) is 72.9 Å². The predicted molar refractivity (Wildman–Crippen MR) is 143 cm³/mol. The first-order valence-electron chi connectivity index (χ1n) is 12.5. The van der Waals surface area contributed by atoms with Gasteiger partial charge < -0.3 is 14.5 Å². The Hall–Kier alpha value is -3.60. The van der Waals surface area contributed by atoms with Crippen molar-refractivity contribution in [2.45, 2.75) is 51.4 Å². The molecular formula is C30H34N2O3. The van der Waals surface area contributed by atoms with Crippen LogP contribution in [0.25, 0.3) is 33.1 Å². The number of nitrogens with zero attached hydrogens (tertiary/aromatic N) is 1. The third-order valence-corrected chi connectivity index (χ3v) is 6.35. The van der Waals surface area contributed by atoms with Crippen LogP contribution in [0.2, 0.25) is 0 Å². The second kappa shape index (κ2) is 12.2. The van der Waals surface area contributed by atoms with Crippen LogP contribution >= 0.6 is 0 Å². The molecule has 2 aromatic carbocycles. The number of methoxy groups -OCH3 is 1. The van der Waals surface area contributed by atoms with E-state index in [-0.39, 0.29) is 5.97 Å². The number of allylic oxidation sites excluding steroid dienone is 1. The fourth-order valence-electron chi connectivity index (χ4n) is 4.42. The van der Waals surface area contributed by atoms with Crippen molar-refractivity contribution in [1.82, 2.24) is 9.97 Å². The largest absolute Gasteiger partial charge is 0.497 e. The Morgan fingerprint density at radius 1 is 0.943 bits per heavy atom. The number of esters is 1. The number of H-pyrrole nitrogens is 1. The van der Waals surface area contributed by atoms with Gasteiger partial charge in [0.15, 0.2) is 0 Å². The summed E-state index contributed by atoms with van der Waals surface area (Å²) in [4.78, 5) is 21.2. The molecule has 182 valence electrons. The van der Waals surface area contributed by atoms with Gasteiger partial charge in [-0.25, -0.2) is 9.78 Å². The van der Waals surface area contributed by atoms with E-state index >= 15 is 0 Å². The van der Waals surface area contributed by atoms with Gasteiger partial charge in [0.2, 0.25) is 0 Å². The van der Waals surface area contributed by atoms with E-state index in [2.05, 4.69) is 17.6 Å². The highest BCUT2D eigenvalue weighted by atomic mass is 16.5.